The number of hydrogen-bond acceptors (Lipinski definition) is 4. The van der Waals surface area contributed by atoms with Crippen LogP contribution in [-0.2, 0) is 16.0 Å². The van der Waals surface area contributed by atoms with E-state index in [0.29, 0.717) is 35.5 Å². The van der Waals surface area contributed by atoms with Crippen LogP contribution in [0.15, 0.2) is 42.2 Å². The van der Waals surface area contributed by atoms with Gasteiger partial charge in [0.15, 0.2) is 5.60 Å². The van der Waals surface area contributed by atoms with Gasteiger partial charge in [0.05, 0.1) is 5.57 Å². The number of aryl methyl sites for hydroxylation is 1. The molecule has 0 spiro atoms. The molecule has 5 unspecified atom stereocenters. The lowest BCUT2D eigenvalue weighted by molar-refractivity contribution is -0.163. The minimum Gasteiger partial charge on any atom is -0.508 e. The summed E-state index contributed by atoms with van der Waals surface area (Å²) >= 11 is 0. The van der Waals surface area contributed by atoms with E-state index in [1.807, 2.05) is 42.6 Å². The van der Waals surface area contributed by atoms with Gasteiger partial charge >= 0.3 is 5.97 Å². The highest BCUT2D eigenvalue weighted by molar-refractivity contribution is 5.89. The minimum absolute atomic E-state index is 0.204. The highest BCUT2D eigenvalue weighted by Crippen LogP contribution is 2.65. The minimum atomic E-state index is -0.838. The Bertz CT molecular complexity index is 1020. The van der Waals surface area contributed by atoms with Crippen molar-refractivity contribution in [2.75, 3.05) is 7.05 Å². The largest absolute Gasteiger partial charge is 0.508 e. The van der Waals surface area contributed by atoms with Crippen molar-refractivity contribution in [2.45, 2.75) is 63.4 Å². The predicted molar refractivity (Wildman–Crippen MR) is 120 cm³/mol. The topological polar surface area (TPSA) is 49.8 Å². The molecule has 0 bridgehead atoms. The van der Waals surface area contributed by atoms with Crippen LogP contribution in [0.25, 0.3) is 0 Å². The molecule has 31 heavy (non-hydrogen) atoms. The van der Waals surface area contributed by atoms with E-state index in [1.54, 1.807) is 0 Å². The molecular formula is C27H31NO3. The Morgan fingerprint density at radius 3 is 2.90 bits per heavy atom. The summed E-state index contributed by atoms with van der Waals surface area (Å²) in [6, 6.07) is 5.87. The third-order valence-corrected chi connectivity index (χ3v) is 8.63. The maximum atomic E-state index is 13.1. The molecule has 0 amide bonds. The molecule has 4 nitrogen and oxygen atoms in total. The van der Waals surface area contributed by atoms with Crippen LogP contribution >= 0.6 is 0 Å². The van der Waals surface area contributed by atoms with Crippen LogP contribution in [0.1, 0.15) is 62.5 Å². The molecule has 1 aliphatic heterocycles. The summed E-state index contributed by atoms with van der Waals surface area (Å²) in [6.07, 6.45) is 18.3. The van der Waals surface area contributed by atoms with Crippen molar-refractivity contribution < 1.29 is 14.6 Å². The molecule has 5 atom stereocenters. The van der Waals surface area contributed by atoms with Gasteiger partial charge in [-0.1, -0.05) is 25.0 Å². The maximum absolute atomic E-state index is 13.1. The van der Waals surface area contributed by atoms with Gasteiger partial charge in [0.2, 0.25) is 0 Å². The SMILES string of the molecule is C#CC1(OC(=O)C2=CN(C)C=CC2)CCC2C3CCc4cc(O)ccc4C3CCC21C. The van der Waals surface area contributed by atoms with Crippen molar-refractivity contribution in [1.29, 1.82) is 0 Å². The molecule has 1 N–H and O–H groups in total. The normalized spacial score (nSPS) is 36.0. The van der Waals surface area contributed by atoms with Gasteiger partial charge in [-0.2, -0.15) is 0 Å². The summed E-state index contributed by atoms with van der Waals surface area (Å²) < 4.78 is 6.24. The number of benzene rings is 1. The molecule has 1 aromatic carbocycles. The molecular weight excluding hydrogens is 386 g/mol. The summed E-state index contributed by atoms with van der Waals surface area (Å²) in [4.78, 5) is 15.0. The number of nitrogens with zero attached hydrogens (tertiary/aromatic N) is 1. The summed E-state index contributed by atoms with van der Waals surface area (Å²) in [5.74, 6) is 4.57. The van der Waals surface area contributed by atoms with Gasteiger partial charge < -0.3 is 14.7 Å². The Hall–Kier alpha value is -2.67. The van der Waals surface area contributed by atoms with Crippen LogP contribution in [0.4, 0.5) is 0 Å². The Balaban J connectivity index is 1.42. The standard InChI is InChI=1S/C27H31NO3/c1-4-27(31-25(30)19-6-5-15-28(3)17-19)14-12-24-23-9-7-18-16-20(29)8-10-21(18)22(23)11-13-26(24,27)2/h1,5,8,10,15-17,22-24,29H,6-7,9,11-14H2,2-3H3. The second-order valence-electron chi connectivity index (χ2n) is 10.1. The third-order valence-electron chi connectivity index (χ3n) is 8.63. The first-order valence-corrected chi connectivity index (χ1v) is 11.5. The fourth-order valence-electron chi connectivity index (χ4n) is 7.05. The van der Waals surface area contributed by atoms with E-state index in [0.717, 1.165) is 38.5 Å². The highest BCUT2D eigenvalue weighted by atomic mass is 16.6. The van der Waals surface area contributed by atoms with E-state index in [2.05, 4.69) is 18.9 Å². The molecule has 2 fully saturated rings. The second-order valence-corrected chi connectivity index (χ2v) is 10.1. The van der Waals surface area contributed by atoms with Crippen molar-refractivity contribution in [3.63, 3.8) is 0 Å². The molecule has 5 rings (SSSR count). The van der Waals surface area contributed by atoms with Gasteiger partial charge in [-0.3, -0.25) is 0 Å². The molecule has 3 aliphatic carbocycles. The third kappa shape index (κ3) is 3.01. The maximum Gasteiger partial charge on any atom is 0.337 e. The van der Waals surface area contributed by atoms with E-state index in [9.17, 15) is 9.90 Å². The first-order valence-electron chi connectivity index (χ1n) is 11.5. The first kappa shape index (κ1) is 20.2. The lowest BCUT2D eigenvalue weighted by Crippen LogP contribution is -2.52. The smallest absolute Gasteiger partial charge is 0.337 e. The Kier molecular flexibility index (Phi) is 4.70. The molecule has 0 saturated heterocycles. The number of aromatic hydroxyl groups is 1. The number of rotatable bonds is 2. The number of esters is 1. The van der Waals surface area contributed by atoms with E-state index in [1.165, 1.54) is 11.1 Å². The van der Waals surface area contributed by atoms with Crippen molar-refractivity contribution in [3.8, 4) is 18.1 Å². The number of allylic oxidation sites excluding steroid dienone is 1. The van der Waals surface area contributed by atoms with E-state index >= 15 is 0 Å². The highest BCUT2D eigenvalue weighted by Gasteiger charge is 2.63. The predicted octanol–water partition coefficient (Wildman–Crippen LogP) is 4.90. The average molecular weight is 418 g/mol. The molecule has 162 valence electrons. The van der Waals surface area contributed by atoms with Gasteiger partial charge in [0, 0.05) is 25.1 Å². The van der Waals surface area contributed by atoms with E-state index in [-0.39, 0.29) is 11.4 Å². The number of carbonyl (C=O) groups is 1. The Morgan fingerprint density at radius 2 is 2.13 bits per heavy atom. The number of carbonyl (C=O) groups excluding carboxylic acids is 1. The molecule has 1 heterocycles. The van der Waals surface area contributed by atoms with Gasteiger partial charge in [0.25, 0.3) is 0 Å². The number of terminal acetylenes is 1. The van der Waals surface area contributed by atoms with Gasteiger partial charge in [-0.25, -0.2) is 4.79 Å². The van der Waals surface area contributed by atoms with Gasteiger partial charge in [-0.05, 0) is 85.7 Å². The quantitative estimate of drug-likeness (QED) is 0.549. The van der Waals surface area contributed by atoms with Crippen LogP contribution < -0.4 is 0 Å². The molecule has 4 aliphatic rings. The summed E-state index contributed by atoms with van der Waals surface area (Å²) in [6.45, 7) is 2.27. The fourth-order valence-corrected chi connectivity index (χ4v) is 7.05. The fraction of sp³-hybridized carbons (Fsp3) is 0.519. The zero-order valence-corrected chi connectivity index (χ0v) is 18.4. The van der Waals surface area contributed by atoms with Crippen LogP contribution in [-0.4, -0.2) is 28.6 Å². The Morgan fingerprint density at radius 1 is 1.29 bits per heavy atom. The van der Waals surface area contributed by atoms with Gasteiger partial charge in [0.1, 0.15) is 5.75 Å². The van der Waals surface area contributed by atoms with Crippen LogP contribution in [0, 0.1) is 29.6 Å². The number of hydrogen-bond donors (Lipinski definition) is 1. The number of phenols is 1. The summed E-state index contributed by atoms with van der Waals surface area (Å²) in [5, 5.41) is 9.90. The molecule has 4 heteroatoms. The second kappa shape index (κ2) is 7.19. The number of fused-ring (bicyclic) bond motifs is 5. The monoisotopic (exact) mass is 417 g/mol. The average Bonchev–Trinajstić information content (AvgIpc) is 3.06. The lowest BCUT2D eigenvalue weighted by Gasteiger charge is -2.52. The van der Waals surface area contributed by atoms with Crippen molar-refractivity contribution in [1.82, 2.24) is 4.90 Å². The Labute approximate surface area is 185 Å². The van der Waals surface area contributed by atoms with Crippen LogP contribution in [0.5, 0.6) is 5.75 Å². The number of ether oxygens (including phenoxy) is 1. The summed E-state index contributed by atoms with van der Waals surface area (Å²) in [5.41, 5.74) is 2.30. The zero-order chi connectivity index (χ0) is 21.8. The van der Waals surface area contributed by atoms with Gasteiger partial charge in [-0.15, -0.1) is 6.42 Å². The zero-order valence-electron chi connectivity index (χ0n) is 18.4. The molecule has 0 radical (unpaired) electrons. The summed E-state index contributed by atoms with van der Waals surface area (Å²) in [7, 11) is 1.91. The molecule has 0 aromatic heterocycles. The number of phenolic OH excluding ortho intramolecular Hbond substituents is 1. The van der Waals surface area contributed by atoms with Crippen LogP contribution in [0.3, 0.4) is 0 Å². The first-order chi connectivity index (χ1) is 14.9. The molecule has 2 saturated carbocycles. The lowest BCUT2D eigenvalue weighted by atomic mass is 9.53. The van der Waals surface area contributed by atoms with Crippen molar-refractivity contribution in [3.05, 3.63) is 53.4 Å². The van der Waals surface area contributed by atoms with E-state index < -0.39 is 5.60 Å². The van der Waals surface area contributed by atoms with Crippen molar-refractivity contribution in [2.24, 2.45) is 17.3 Å². The van der Waals surface area contributed by atoms with Crippen LogP contribution in [0.2, 0.25) is 0 Å². The van der Waals surface area contributed by atoms with E-state index in [4.69, 9.17) is 11.2 Å². The van der Waals surface area contributed by atoms with Crippen molar-refractivity contribution >= 4 is 5.97 Å². The molecule has 1 aromatic rings.